The van der Waals surface area contributed by atoms with Crippen molar-refractivity contribution in [3.63, 3.8) is 0 Å². The van der Waals surface area contributed by atoms with Crippen LogP contribution in [0.4, 0.5) is 5.69 Å². The number of hydrogen-bond acceptors (Lipinski definition) is 4. The van der Waals surface area contributed by atoms with Gasteiger partial charge in [0.1, 0.15) is 5.82 Å². The average Bonchev–Trinajstić information content (AvgIpc) is 2.89. The molecule has 110 valence electrons. The van der Waals surface area contributed by atoms with E-state index in [4.69, 9.17) is 5.11 Å². The van der Waals surface area contributed by atoms with E-state index in [0.29, 0.717) is 17.1 Å². The molecule has 0 aliphatic heterocycles. The minimum atomic E-state index is -0.958. The third-order valence-corrected chi connectivity index (χ3v) is 2.83. The van der Waals surface area contributed by atoms with Crippen LogP contribution in [0.5, 0.6) is 0 Å². The monoisotopic (exact) mass is 288 g/mol. The number of aliphatic carboxylic acids is 1. The number of nitrogens with zero attached hydrogens (tertiary/aromatic N) is 2. The second-order valence-corrected chi connectivity index (χ2v) is 4.54. The number of carbonyl (C=O) groups excluding carboxylic acids is 1. The van der Waals surface area contributed by atoms with Gasteiger partial charge in [-0.15, -0.1) is 5.10 Å². The van der Waals surface area contributed by atoms with Gasteiger partial charge in [0, 0.05) is 12.1 Å². The van der Waals surface area contributed by atoms with Crippen LogP contribution < -0.4 is 5.32 Å². The highest BCUT2D eigenvalue weighted by Gasteiger charge is 2.14. The summed E-state index contributed by atoms with van der Waals surface area (Å²) in [6.07, 6.45) is 1.46. The van der Waals surface area contributed by atoms with Crippen LogP contribution in [-0.2, 0) is 17.6 Å². The molecule has 0 fully saturated rings. The van der Waals surface area contributed by atoms with Crippen molar-refractivity contribution in [2.24, 2.45) is 0 Å². The molecule has 7 nitrogen and oxygen atoms in total. The van der Waals surface area contributed by atoms with Gasteiger partial charge in [-0.1, -0.05) is 25.1 Å². The fourth-order valence-electron chi connectivity index (χ4n) is 1.88. The van der Waals surface area contributed by atoms with Gasteiger partial charge in [0.05, 0.1) is 6.42 Å². The van der Waals surface area contributed by atoms with Crippen molar-refractivity contribution in [1.29, 1.82) is 0 Å². The number of hydrogen-bond donors (Lipinski definition) is 3. The Bertz CT molecular complexity index is 651. The lowest BCUT2D eigenvalue weighted by atomic mass is 10.1. The highest BCUT2D eigenvalue weighted by Crippen LogP contribution is 2.16. The molecule has 0 spiro atoms. The third kappa shape index (κ3) is 3.88. The summed E-state index contributed by atoms with van der Waals surface area (Å²) in [4.78, 5) is 27.0. The van der Waals surface area contributed by atoms with Gasteiger partial charge in [0.15, 0.2) is 0 Å². The van der Waals surface area contributed by atoms with Gasteiger partial charge >= 0.3 is 5.97 Å². The number of carboxylic acids is 1. The first kappa shape index (κ1) is 14.7. The molecule has 1 aromatic heterocycles. The standard InChI is InChI=1S/C14H16N4O3/c1-2-5-11-16-13(18-17-11)14(21)15-10-7-4-3-6-9(10)8-12(19)20/h3-4,6-7H,2,5,8H2,1H3,(H,15,21)(H,19,20)(H,16,17,18). The number of aryl methyl sites for hydroxylation is 1. The van der Waals surface area contributed by atoms with E-state index in [1.807, 2.05) is 6.92 Å². The van der Waals surface area contributed by atoms with E-state index < -0.39 is 11.9 Å². The van der Waals surface area contributed by atoms with Gasteiger partial charge in [-0.25, -0.2) is 4.98 Å². The number of aromatic amines is 1. The summed E-state index contributed by atoms with van der Waals surface area (Å²) in [7, 11) is 0. The summed E-state index contributed by atoms with van der Waals surface area (Å²) < 4.78 is 0. The lowest BCUT2D eigenvalue weighted by Crippen LogP contribution is -2.16. The summed E-state index contributed by atoms with van der Waals surface area (Å²) >= 11 is 0. The largest absolute Gasteiger partial charge is 0.481 e. The van der Waals surface area contributed by atoms with Gasteiger partial charge in [-0.05, 0) is 18.1 Å². The van der Waals surface area contributed by atoms with Gasteiger partial charge in [0.2, 0.25) is 5.82 Å². The van der Waals surface area contributed by atoms with Crippen molar-refractivity contribution in [2.75, 3.05) is 5.32 Å². The lowest BCUT2D eigenvalue weighted by molar-refractivity contribution is -0.136. The minimum absolute atomic E-state index is 0.0450. The average molecular weight is 288 g/mol. The quantitative estimate of drug-likeness (QED) is 0.748. The molecule has 2 aromatic rings. The van der Waals surface area contributed by atoms with E-state index in [9.17, 15) is 9.59 Å². The zero-order valence-electron chi connectivity index (χ0n) is 11.6. The topological polar surface area (TPSA) is 108 Å². The van der Waals surface area contributed by atoms with Crippen LogP contribution in [0, 0.1) is 0 Å². The minimum Gasteiger partial charge on any atom is -0.481 e. The number of benzene rings is 1. The zero-order valence-corrected chi connectivity index (χ0v) is 11.6. The molecule has 2 rings (SSSR count). The first-order chi connectivity index (χ1) is 10.1. The van der Waals surface area contributed by atoms with Gasteiger partial charge < -0.3 is 10.4 Å². The molecule has 0 saturated carbocycles. The number of carboxylic acid groups (broad SMARTS) is 1. The number of H-pyrrole nitrogens is 1. The number of carbonyl (C=O) groups is 2. The van der Waals surface area contributed by atoms with Crippen LogP contribution in [0.15, 0.2) is 24.3 Å². The molecule has 7 heteroatoms. The van der Waals surface area contributed by atoms with E-state index in [1.165, 1.54) is 0 Å². The Morgan fingerprint density at radius 3 is 2.81 bits per heavy atom. The number of rotatable bonds is 6. The van der Waals surface area contributed by atoms with E-state index in [2.05, 4.69) is 20.5 Å². The molecule has 1 amide bonds. The Kier molecular flexibility index (Phi) is 4.65. The Labute approximate surface area is 121 Å². The van der Waals surface area contributed by atoms with Gasteiger partial charge in [-0.2, -0.15) is 0 Å². The molecule has 3 N–H and O–H groups in total. The highest BCUT2D eigenvalue weighted by molar-refractivity contribution is 6.02. The third-order valence-electron chi connectivity index (χ3n) is 2.83. The SMILES string of the molecule is CCCc1nc(C(=O)Nc2ccccc2CC(=O)O)n[nH]1. The second-order valence-electron chi connectivity index (χ2n) is 4.54. The first-order valence-corrected chi connectivity index (χ1v) is 6.62. The molecule has 0 atom stereocenters. The van der Waals surface area contributed by atoms with Crippen molar-refractivity contribution in [3.8, 4) is 0 Å². The maximum Gasteiger partial charge on any atom is 0.307 e. The first-order valence-electron chi connectivity index (χ1n) is 6.62. The van der Waals surface area contributed by atoms with Crippen LogP contribution in [0.1, 0.15) is 35.4 Å². The number of aromatic nitrogens is 3. The molecule has 0 bridgehead atoms. The lowest BCUT2D eigenvalue weighted by Gasteiger charge is -2.07. The van der Waals surface area contributed by atoms with Crippen LogP contribution in [-0.4, -0.2) is 32.2 Å². The summed E-state index contributed by atoms with van der Waals surface area (Å²) in [5.41, 5.74) is 0.981. The number of para-hydroxylation sites is 1. The normalized spacial score (nSPS) is 10.3. The molecule has 0 aliphatic carbocycles. The molecular formula is C14H16N4O3. The highest BCUT2D eigenvalue weighted by atomic mass is 16.4. The van der Waals surface area contributed by atoms with Crippen LogP contribution in [0.2, 0.25) is 0 Å². The summed E-state index contributed by atoms with van der Waals surface area (Å²) in [6.45, 7) is 2.00. The maximum absolute atomic E-state index is 12.1. The molecule has 21 heavy (non-hydrogen) atoms. The van der Waals surface area contributed by atoms with Crippen molar-refractivity contribution in [3.05, 3.63) is 41.5 Å². The molecule has 0 unspecified atom stereocenters. The Morgan fingerprint density at radius 1 is 1.33 bits per heavy atom. The summed E-state index contributed by atoms with van der Waals surface area (Å²) in [5, 5.41) is 18.1. The number of nitrogens with one attached hydrogen (secondary N) is 2. The fraction of sp³-hybridized carbons (Fsp3) is 0.286. The molecule has 1 heterocycles. The maximum atomic E-state index is 12.1. The summed E-state index contributed by atoms with van der Waals surface area (Å²) in [5.74, 6) is -0.726. The van der Waals surface area contributed by atoms with Crippen LogP contribution in [0.25, 0.3) is 0 Å². The zero-order chi connectivity index (χ0) is 15.2. The fourth-order valence-corrected chi connectivity index (χ4v) is 1.88. The van der Waals surface area contributed by atoms with Gasteiger partial charge in [-0.3, -0.25) is 14.7 Å². The van der Waals surface area contributed by atoms with Crippen molar-refractivity contribution >= 4 is 17.6 Å². The predicted octanol–water partition coefficient (Wildman–Crippen LogP) is 1.64. The molecule has 0 aliphatic rings. The second kappa shape index (κ2) is 6.65. The van der Waals surface area contributed by atoms with E-state index >= 15 is 0 Å². The van der Waals surface area contributed by atoms with E-state index in [1.54, 1.807) is 24.3 Å². The number of amides is 1. The molecular weight excluding hydrogens is 272 g/mol. The van der Waals surface area contributed by atoms with Crippen molar-refractivity contribution < 1.29 is 14.7 Å². The van der Waals surface area contributed by atoms with E-state index in [-0.39, 0.29) is 12.2 Å². The molecule has 1 aromatic carbocycles. The van der Waals surface area contributed by atoms with Crippen LogP contribution >= 0.6 is 0 Å². The molecule has 0 radical (unpaired) electrons. The Morgan fingerprint density at radius 2 is 2.10 bits per heavy atom. The van der Waals surface area contributed by atoms with Crippen molar-refractivity contribution in [2.45, 2.75) is 26.2 Å². The summed E-state index contributed by atoms with van der Waals surface area (Å²) in [6, 6.07) is 6.75. The predicted molar refractivity (Wildman–Crippen MR) is 76.1 cm³/mol. The smallest absolute Gasteiger partial charge is 0.307 e. The molecule has 0 saturated heterocycles. The van der Waals surface area contributed by atoms with Crippen LogP contribution in [0.3, 0.4) is 0 Å². The van der Waals surface area contributed by atoms with E-state index in [0.717, 1.165) is 12.8 Å². The van der Waals surface area contributed by atoms with Gasteiger partial charge in [0.25, 0.3) is 5.91 Å². The van der Waals surface area contributed by atoms with Crippen molar-refractivity contribution in [1.82, 2.24) is 15.2 Å². The Hall–Kier alpha value is -2.70. The number of anilines is 1. The Balaban J connectivity index is 2.13.